The molecule has 0 spiro atoms. The van der Waals surface area contributed by atoms with Gasteiger partial charge in [-0.3, -0.25) is 4.79 Å². The normalized spacial score (nSPS) is 11.0. The second kappa shape index (κ2) is 10.6. The maximum absolute atomic E-state index is 13.7. The van der Waals surface area contributed by atoms with E-state index in [1.165, 1.54) is 24.3 Å². The molecule has 0 fully saturated rings. The number of benzene rings is 2. The Morgan fingerprint density at radius 1 is 1.18 bits per heavy atom. The van der Waals surface area contributed by atoms with Crippen molar-refractivity contribution in [2.24, 2.45) is 0 Å². The SMILES string of the molecule is CCOc1ccc(NC(=O)CSc2nc(-c3ccc(Cl)cc3)cc(C(F)(F)F)c2C#N)cc1. The molecule has 1 N–H and O–H groups in total. The van der Waals surface area contributed by atoms with Crippen molar-refractivity contribution in [1.29, 1.82) is 5.26 Å². The minimum atomic E-state index is -4.77. The van der Waals surface area contributed by atoms with Crippen LogP contribution in [0, 0.1) is 11.3 Å². The largest absolute Gasteiger partial charge is 0.494 e. The number of carbonyl (C=O) groups is 1. The lowest BCUT2D eigenvalue weighted by Crippen LogP contribution is -2.15. The zero-order valence-corrected chi connectivity index (χ0v) is 18.8. The topological polar surface area (TPSA) is 75.0 Å². The fraction of sp³-hybridized carbons (Fsp3) is 0.174. The van der Waals surface area contributed by atoms with Crippen LogP contribution in [0.25, 0.3) is 11.3 Å². The second-order valence-electron chi connectivity index (χ2n) is 6.65. The van der Waals surface area contributed by atoms with Gasteiger partial charge in [-0.2, -0.15) is 18.4 Å². The van der Waals surface area contributed by atoms with Gasteiger partial charge in [0, 0.05) is 16.3 Å². The summed E-state index contributed by atoms with van der Waals surface area (Å²) in [5.74, 6) is -0.0530. The smallest absolute Gasteiger partial charge is 0.417 e. The Morgan fingerprint density at radius 3 is 2.42 bits per heavy atom. The minimum absolute atomic E-state index is 0.0208. The highest BCUT2D eigenvalue weighted by Crippen LogP contribution is 2.38. The average molecular weight is 492 g/mol. The van der Waals surface area contributed by atoms with Gasteiger partial charge in [0.15, 0.2) is 0 Å². The number of hydrogen-bond acceptors (Lipinski definition) is 5. The Balaban J connectivity index is 1.84. The maximum atomic E-state index is 13.7. The molecule has 1 aromatic heterocycles. The Bertz CT molecular complexity index is 1180. The lowest BCUT2D eigenvalue weighted by Gasteiger charge is -2.14. The Hall–Kier alpha value is -3.22. The molecule has 0 saturated carbocycles. The van der Waals surface area contributed by atoms with E-state index in [1.807, 2.05) is 6.92 Å². The lowest BCUT2D eigenvalue weighted by atomic mass is 10.1. The van der Waals surface area contributed by atoms with E-state index >= 15 is 0 Å². The molecule has 3 rings (SSSR count). The zero-order chi connectivity index (χ0) is 24.0. The molecule has 170 valence electrons. The van der Waals surface area contributed by atoms with Crippen molar-refractivity contribution in [2.45, 2.75) is 18.1 Å². The van der Waals surface area contributed by atoms with Crippen molar-refractivity contribution in [2.75, 3.05) is 17.7 Å². The van der Waals surface area contributed by atoms with Gasteiger partial charge in [0.2, 0.25) is 5.91 Å². The third kappa shape index (κ3) is 6.40. The van der Waals surface area contributed by atoms with E-state index in [9.17, 15) is 23.2 Å². The van der Waals surface area contributed by atoms with Gasteiger partial charge in [-0.05, 0) is 49.4 Å². The highest BCUT2D eigenvalue weighted by atomic mass is 35.5. The number of rotatable bonds is 7. The van der Waals surface area contributed by atoms with Crippen molar-refractivity contribution in [3.63, 3.8) is 0 Å². The molecule has 1 heterocycles. The Labute approximate surface area is 197 Å². The summed E-state index contributed by atoms with van der Waals surface area (Å²) in [7, 11) is 0. The van der Waals surface area contributed by atoms with E-state index in [-0.39, 0.29) is 16.5 Å². The van der Waals surface area contributed by atoms with Crippen LogP contribution in [-0.2, 0) is 11.0 Å². The van der Waals surface area contributed by atoms with Crippen LogP contribution < -0.4 is 10.1 Å². The third-order valence-electron chi connectivity index (χ3n) is 4.33. The van der Waals surface area contributed by atoms with Crippen LogP contribution in [0.1, 0.15) is 18.1 Å². The molecular weight excluding hydrogens is 475 g/mol. The summed E-state index contributed by atoms with van der Waals surface area (Å²) in [6, 6.07) is 15.2. The van der Waals surface area contributed by atoms with Crippen LogP contribution in [0.2, 0.25) is 5.02 Å². The van der Waals surface area contributed by atoms with Crippen molar-refractivity contribution in [3.05, 3.63) is 70.7 Å². The standard InChI is InChI=1S/C23H17ClF3N3O2S/c1-2-32-17-9-7-16(8-10-17)29-21(31)13-33-22-18(12-28)19(23(25,26)27)11-20(30-22)14-3-5-15(24)6-4-14/h3-11H,2,13H2,1H3,(H,29,31). The highest BCUT2D eigenvalue weighted by Gasteiger charge is 2.36. The van der Waals surface area contributed by atoms with Crippen LogP contribution in [-0.4, -0.2) is 23.3 Å². The summed E-state index contributed by atoms with van der Waals surface area (Å²) in [5.41, 5.74) is -0.815. The first kappa shape index (κ1) is 24.4. The van der Waals surface area contributed by atoms with Crippen LogP contribution in [0.3, 0.4) is 0 Å². The van der Waals surface area contributed by atoms with E-state index in [1.54, 1.807) is 30.3 Å². The second-order valence-corrected chi connectivity index (χ2v) is 8.05. The first-order chi connectivity index (χ1) is 15.7. The molecule has 0 bridgehead atoms. The summed E-state index contributed by atoms with van der Waals surface area (Å²) >= 11 is 6.61. The molecule has 10 heteroatoms. The Morgan fingerprint density at radius 2 is 1.85 bits per heavy atom. The van der Waals surface area contributed by atoms with E-state index in [4.69, 9.17) is 16.3 Å². The first-order valence-electron chi connectivity index (χ1n) is 9.65. The van der Waals surface area contributed by atoms with Gasteiger partial charge in [0.1, 0.15) is 16.8 Å². The number of amides is 1. The van der Waals surface area contributed by atoms with E-state index in [0.29, 0.717) is 28.6 Å². The van der Waals surface area contributed by atoms with Crippen molar-refractivity contribution in [1.82, 2.24) is 4.98 Å². The van der Waals surface area contributed by atoms with Crippen molar-refractivity contribution >= 4 is 35.0 Å². The molecular formula is C23H17ClF3N3O2S. The maximum Gasteiger partial charge on any atom is 0.417 e. The van der Waals surface area contributed by atoms with Crippen molar-refractivity contribution < 1.29 is 22.7 Å². The van der Waals surface area contributed by atoms with Crippen LogP contribution in [0.15, 0.2) is 59.6 Å². The monoisotopic (exact) mass is 491 g/mol. The molecule has 0 aliphatic carbocycles. The Kier molecular flexibility index (Phi) is 7.84. The molecule has 0 unspecified atom stereocenters. The molecule has 2 aromatic carbocycles. The average Bonchev–Trinajstić information content (AvgIpc) is 2.78. The predicted molar refractivity (Wildman–Crippen MR) is 121 cm³/mol. The van der Waals surface area contributed by atoms with Gasteiger partial charge in [-0.15, -0.1) is 0 Å². The molecule has 1 amide bonds. The van der Waals surface area contributed by atoms with Crippen molar-refractivity contribution in [3.8, 4) is 23.1 Å². The fourth-order valence-corrected chi connectivity index (χ4v) is 3.79. The number of aromatic nitrogens is 1. The number of anilines is 1. The summed E-state index contributed by atoms with van der Waals surface area (Å²) in [5, 5.41) is 12.3. The number of ether oxygens (including phenoxy) is 1. The van der Waals surface area contributed by atoms with Gasteiger partial charge < -0.3 is 10.1 Å². The molecule has 0 aliphatic rings. The molecule has 33 heavy (non-hydrogen) atoms. The lowest BCUT2D eigenvalue weighted by molar-refractivity contribution is -0.138. The number of halogens is 4. The number of thioether (sulfide) groups is 1. The number of carbonyl (C=O) groups excluding carboxylic acids is 1. The molecule has 0 saturated heterocycles. The number of nitriles is 1. The fourth-order valence-electron chi connectivity index (χ4n) is 2.86. The molecule has 5 nitrogen and oxygen atoms in total. The number of nitrogens with zero attached hydrogens (tertiary/aromatic N) is 2. The van der Waals surface area contributed by atoms with Gasteiger partial charge >= 0.3 is 6.18 Å². The summed E-state index contributed by atoms with van der Waals surface area (Å²) in [4.78, 5) is 16.6. The molecule has 0 aliphatic heterocycles. The third-order valence-corrected chi connectivity index (χ3v) is 5.56. The van der Waals surface area contributed by atoms with Crippen LogP contribution in [0.5, 0.6) is 5.75 Å². The van der Waals surface area contributed by atoms with Gasteiger partial charge in [0.05, 0.1) is 29.2 Å². The van der Waals surface area contributed by atoms with Gasteiger partial charge in [-0.1, -0.05) is 35.5 Å². The summed E-state index contributed by atoms with van der Waals surface area (Å²) in [6.07, 6.45) is -4.77. The summed E-state index contributed by atoms with van der Waals surface area (Å²) < 4.78 is 46.3. The quantitative estimate of drug-likeness (QED) is 0.386. The van der Waals surface area contributed by atoms with Gasteiger partial charge in [-0.25, -0.2) is 4.98 Å². The first-order valence-corrected chi connectivity index (χ1v) is 11.0. The minimum Gasteiger partial charge on any atom is -0.494 e. The molecule has 3 aromatic rings. The summed E-state index contributed by atoms with van der Waals surface area (Å²) in [6.45, 7) is 2.36. The zero-order valence-electron chi connectivity index (χ0n) is 17.2. The highest BCUT2D eigenvalue weighted by molar-refractivity contribution is 8.00. The molecule has 0 atom stereocenters. The number of pyridine rings is 1. The number of alkyl halides is 3. The number of hydrogen-bond donors (Lipinski definition) is 1. The van der Waals surface area contributed by atoms with Crippen LogP contribution >= 0.6 is 23.4 Å². The number of nitrogens with one attached hydrogen (secondary N) is 1. The van der Waals surface area contributed by atoms with E-state index in [2.05, 4.69) is 10.3 Å². The van der Waals surface area contributed by atoms with Gasteiger partial charge in [0.25, 0.3) is 0 Å². The molecule has 0 radical (unpaired) electrons. The predicted octanol–water partition coefficient (Wildman–Crippen LogP) is 6.42. The van der Waals surface area contributed by atoms with Crippen LogP contribution in [0.4, 0.5) is 18.9 Å². The van der Waals surface area contributed by atoms with E-state index in [0.717, 1.165) is 17.8 Å². The van der Waals surface area contributed by atoms with E-state index < -0.39 is 23.2 Å².